The first kappa shape index (κ1) is 29.8. The van der Waals surface area contributed by atoms with E-state index in [9.17, 15) is 34.2 Å². The van der Waals surface area contributed by atoms with Crippen LogP contribution in [0.25, 0.3) is 0 Å². The number of nitrogens with zero attached hydrogens (tertiary/aromatic N) is 2. The number of amides is 3. The number of nitrogens with two attached hydrogens (primary N) is 3. The fraction of sp³-hybridized carbons (Fsp3) is 0.526. The molecule has 1 aromatic rings. The quantitative estimate of drug-likeness (QED) is 0.0566. The highest BCUT2D eigenvalue weighted by molar-refractivity contribution is 5.94. The van der Waals surface area contributed by atoms with Gasteiger partial charge in [0.2, 0.25) is 17.7 Å². The fourth-order valence-electron chi connectivity index (χ4n) is 2.87. The molecule has 0 saturated heterocycles. The van der Waals surface area contributed by atoms with Gasteiger partial charge >= 0.3 is 11.9 Å². The van der Waals surface area contributed by atoms with Crippen molar-refractivity contribution in [2.45, 2.75) is 49.9 Å². The lowest BCUT2D eigenvalue weighted by Gasteiger charge is -2.24. The van der Waals surface area contributed by atoms with Gasteiger partial charge in [0.25, 0.3) is 0 Å². The molecule has 36 heavy (non-hydrogen) atoms. The van der Waals surface area contributed by atoms with Crippen LogP contribution in [0.3, 0.4) is 0 Å². The number of carboxylic acids is 2. The molecule has 3 amide bonds. The van der Waals surface area contributed by atoms with Gasteiger partial charge in [0.05, 0.1) is 25.4 Å². The van der Waals surface area contributed by atoms with Crippen molar-refractivity contribution in [3.63, 3.8) is 0 Å². The molecule has 17 heteroatoms. The van der Waals surface area contributed by atoms with Crippen LogP contribution in [0, 0.1) is 0 Å². The summed E-state index contributed by atoms with van der Waals surface area (Å²) < 4.78 is 0. The number of aliphatic carboxylic acids is 2. The van der Waals surface area contributed by atoms with Crippen LogP contribution < -0.4 is 33.2 Å². The molecule has 1 aromatic heterocycles. The van der Waals surface area contributed by atoms with E-state index in [4.69, 9.17) is 22.3 Å². The minimum Gasteiger partial charge on any atom is -0.481 e. The molecule has 0 aromatic carbocycles. The fourth-order valence-corrected chi connectivity index (χ4v) is 2.87. The number of aromatic nitrogens is 2. The van der Waals surface area contributed by atoms with Crippen molar-refractivity contribution in [2.75, 3.05) is 13.2 Å². The first-order chi connectivity index (χ1) is 16.9. The molecule has 0 aliphatic carbocycles. The number of aliphatic hydroxyl groups is 1. The molecule has 0 saturated carbocycles. The van der Waals surface area contributed by atoms with Crippen molar-refractivity contribution >= 4 is 35.6 Å². The number of aliphatic imine (C=N–C) groups is 1. The third-order valence-electron chi connectivity index (χ3n) is 4.73. The van der Waals surface area contributed by atoms with E-state index in [0.29, 0.717) is 12.1 Å². The molecule has 1 heterocycles. The summed E-state index contributed by atoms with van der Waals surface area (Å²) in [5.41, 5.74) is 16.6. The van der Waals surface area contributed by atoms with E-state index >= 15 is 0 Å². The Hall–Kier alpha value is -4.25. The summed E-state index contributed by atoms with van der Waals surface area (Å²) in [6.07, 6.45) is 2.12. The van der Waals surface area contributed by atoms with Gasteiger partial charge in [-0.1, -0.05) is 0 Å². The van der Waals surface area contributed by atoms with Crippen LogP contribution in [0.2, 0.25) is 0 Å². The third-order valence-corrected chi connectivity index (χ3v) is 4.73. The van der Waals surface area contributed by atoms with E-state index < -0.39 is 66.9 Å². The normalized spacial score (nSPS) is 13.9. The Morgan fingerprint density at radius 3 is 2.14 bits per heavy atom. The van der Waals surface area contributed by atoms with E-state index in [1.165, 1.54) is 12.5 Å². The SMILES string of the molecule is NC(N)=NCCCC(N)C(=O)NC(CO)C(=O)NC(Cc1cnc[nH]1)C(=O)NC(CC(=O)O)C(=O)O. The Morgan fingerprint density at radius 1 is 1.00 bits per heavy atom. The number of guanidine groups is 1. The lowest BCUT2D eigenvalue weighted by Crippen LogP contribution is -2.58. The number of hydrogen-bond donors (Lipinski definition) is 10. The Bertz CT molecular complexity index is 933. The minimum atomic E-state index is -1.76. The summed E-state index contributed by atoms with van der Waals surface area (Å²) >= 11 is 0. The molecule has 200 valence electrons. The van der Waals surface area contributed by atoms with Crippen LogP contribution in [-0.4, -0.2) is 98.2 Å². The predicted molar refractivity (Wildman–Crippen MR) is 123 cm³/mol. The van der Waals surface area contributed by atoms with Crippen molar-refractivity contribution < 1.29 is 39.3 Å². The Morgan fingerprint density at radius 2 is 1.61 bits per heavy atom. The highest BCUT2D eigenvalue weighted by atomic mass is 16.4. The molecule has 0 aliphatic heterocycles. The van der Waals surface area contributed by atoms with E-state index in [-0.39, 0.29) is 25.3 Å². The molecule has 0 bridgehead atoms. The third kappa shape index (κ3) is 10.8. The maximum absolute atomic E-state index is 12.7. The average Bonchev–Trinajstić information content (AvgIpc) is 3.31. The van der Waals surface area contributed by atoms with Crippen LogP contribution in [0.1, 0.15) is 25.0 Å². The summed E-state index contributed by atoms with van der Waals surface area (Å²) in [5.74, 6) is -5.90. The first-order valence-corrected chi connectivity index (χ1v) is 10.7. The smallest absolute Gasteiger partial charge is 0.326 e. The molecule has 0 aliphatic rings. The summed E-state index contributed by atoms with van der Waals surface area (Å²) in [6.45, 7) is -0.607. The van der Waals surface area contributed by atoms with Crippen LogP contribution in [0.15, 0.2) is 17.5 Å². The van der Waals surface area contributed by atoms with Crippen LogP contribution >= 0.6 is 0 Å². The van der Waals surface area contributed by atoms with Gasteiger partial charge in [-0.2, -0.15) is 0 Å². The zero-order valence-electron chi connectivity index (χ0n) is 19.2. The number of nitrogens with one attached hydrogen (secondary N) is 4. The number of carbonyl (C=O) groups excluding carboxylic acids is 3. The Kier molecular flexibility index (Phi) is 12.3. The van der Waals surface area contributed by atoms with E-state index in [2.05, 4.69) is 30.9 Å². The predicted octanol–water partition coefficient (Wildman–Crippen LogP) is -4.66. The van der Waals surface area contributed by atoms with Crippen molar-refractivity contribution in [2.24, 2.45) is 22.2 Å². The standard InChI is InChI=1S/C19H31N9O8/c20-10(2-1-3-24-19(21)22)15(32)28-13(7-29)17(34)26-11(4-9-6-23-8-25-9)16(33)27-12(18(35)36)5-14(30)31/h6,8,10-13,29H,1-5,7,20H2,(H,23,25)(H,26,34)(H,27,33)(H,28,32)(H,30,31)(H,35,36)(H4,21,22,24). The molecule has 1 rings (SSSR count). The average molecular weight is 514 g/mol. The van der Waals surface area contributed by atoms with Gasteiger partial charge in [-0.25, -0.2) is 9.78 Å². The lowest BCUT2D eigenvalue weighted by molar-refractivity contribution is -0.147. The molecule has 4 atom stereocenters. The molecule has 0 fully saturated rings. The topological polar surface area (TPSA) is 301 Å². The van der Waals surface area contributed by atoms with E-state index in [1.54, 1.807) is 0 Å². The van der Waals surface area contributed by atoms with Gasteiger partial charge in [0.15, 0.2) is 5.96 Å². The zero-order valence-corrected chi connectivity index (χ0v) is 19.2. The number of aliphatic hydroxyl groups excluding tert-OH is 1. The summed E-state index contributed by atoms with van der Waals surface area (Å²) in [4.78, 5) is 70.2. The highest BCUT2D eigenvalue weighted by Gasteiger charge is 2.31. The number of carbonyl (C=O) groups is 5. The van der Waals surface area contributed by atoms with Gasteiger partial charge in [0, 0.05) is 24.9 Å². The lowest BCUT2D eigenvalue weighted by atomic mass is 10.1. The van der Waals surface area contributed by atoms with E-state index in [0.717, 1.165) is 0 Å². The zero-order chi connectivity index (χ0) is 27.3. The van der Waals surface area contributed by atoms with E-state index in [1.807, 2.05) is 0 Å². The monoisotopic (exact) mass is 513 g/mol. The molecule has 0 spiro atoms. The second-order valence-corrected chi connectivity index (χ2v) is 7.64. The summed E-state index contributed by atoms with van der Waals surface area (Å²) in [7, 11) is 0. The minimum absolute atomic E-state index is 0.114. The Labute approximate surface area is 204 Å². The second-order valence-electron chi connectivity index (χ2n) is 7.64. The molecular formula is C19H31N9O8. The number of H-pyrrole nitrogens is 1. The van der Waals surface area contributed by atoms with Crippen LogP contribution in [0.4, 0.5) is 0 Å². The number of carboxylic acid groups (broad SMARTS) is 2. The van der Waals surface area contributed by atoms with Gasteiger partial charge in [-0.05, 0) is 12.8 Å². The maximum atomic E-state index is 12.7. The largest absolute Gasteiger partial charge is 0.481 e. The van der Waals surface area contributed by atoms with Crippen molar-refractivity contribution in [1.82, 2.24) is 25.9 Å². The van der Waals surface area contributed by atoms with Gasteiger partial charge < -0.3 is 53.5 Å². The number of rotatable bonds is 16. The second kappa shape index (κ2) is 14.9. The van der Waals surface area contributed by atoms with Crippen molar-refractivity contribution in [3.8, 4) is 0 Å². The van der Waals surface area contributed by atoms with Gasteiger partial charge in [-0.15, -0.1) is 0 Å². The summed E-state index contributed by atoms with van der Waals surface area (Å²) in [5, 5.41) is 34.3. The molecule has 4 unspecified atom stereocenters. The van der Waals surface area contributed by atoms with Crippen molar-refractivity contribution in [3.05, 3.63) is 18.2 Å². The molecule has 17 nitrogen and oxygen atoms in total. The number of hydrogen-bond acceptors (Lipinski definition) is 9. The highest BCUT2D eigenvalue weighted by Crippen LogP contribution is 2.03. The van der Waals surface area contributed by atoms with Crippen molar-refractivity contribution in [1.29, 1.82) is 0 Å². The molecule has 0 radical (unpaired) electrons. The molecule has 13 N–H and O–H groups in total. The molecular weight excluding hydrogens is 482 g/mol. The van der Waals surface area contributed by atoms with Crippen LogP contribution in [0.5, 0.6) is 0 Å². The van der Waals surface area contributed by atoms with Gasteiger partial charge in [0.1, 0.15) is 18.1 Å². The van der Waals surface area contributed by atoms with Gasteiger partial charge in [-0.3, -0.25) is 24.2 Å². The summed E-state index contributed by atoms with van der Waals surface area (Å²) in [6, 6.07) is -5.71. The Balaban J connectivity index is 2.87. The maximum Gasteiger partial charge on any atom is 0.326 e. The number of imidazole rings is 1. The number of aromatic amines is 1. The van der Waals surface area contributed by atoms with Crippen LogP contribution in [-0.2, 0) is 30.4 Å². The first-order valence-electron chi connectivity index (χ1n) is 10.7.